The van der Waals surface area contributed by atoms with Gasteiger partial charge in [-0.15, -0.1) is 0 Å². The first kappa shape index (κ1) is 29.0. The number of carbonyl (C=O) groups excluding carboxylic acids is 2. The van der Waals surface area contributed by atoms with Gasteiger partial charge >= 0.3 is 6.18 Å². The molecule has 8 nitrogen and oxygen atoms in total. The molecule has 1 heterocycles. The van der Waals surface area contributed by atoms with Gasteiger partial charge in [-0.25, -0.2) is 9.97 Å². The molecular weight excluding hydrogens is 525 g/mol. The number of methoxy groups -OCH3 is 2. The second-order valence-electron chi connectivity index (χ2n) is 9.62. The molecular formula is C29H31F3N4O4. The Morgan fingerprint density at radius 2 is 1.90 bits per heavy atom. The molecule has 4 rings (SSSR count). The molecule has 11 heteroatoms. The summed E-state index contributed by atoms with van der Waals surface area (Å²) in [6.07, 6.45) is -3.15. The molecule has 0 radical (unpaired) electrons. The highest BCUT2D eigenvalue weighted by molar-refractivity contribution is 5.97. The van der Waals surface area contributed by atoms with Gasteiger partial charge < -0.3 is 19.7 Å². The summed E-state index contributed by atoms with van der Waals surface area (Å²) in [6, 6.07) is 11.9. The van der Waals surface area contributed by atoms with E-state index in [1.165, 1.54) is 19.1 Å². The minimum atomic E-state index is -4.67. The molecule has 1 aliphatic carbocycles. The van der Waals surface area contributed by atoms with Gasteiger partial charge in [0, 0.05) is 32.3 Å². The highest BCUT2D eigenvalue weighted by Gasteiger charge is 2.40. The molecule has 1 aromatic heterocycles. The predicted octanol–water partition coefficient (Wildman–Crippen LogP) is 5.40. The first-order valence-electron chi connectivity index (χ1n) is 12.8. The van der Waals surface area contributed by atoms with Gasteiger partial charge in [-0.05, 0) is 48.1 Å². The Hall–Kier alpha value is -3.99. The minimum absolute atomic E-state index is 0.0446. The summed E-state index contributed by atoms with van der Waals surface area (Å²) in [6.45, 7) is 1.61. The zero-order valence-corrected chi connectivity index (χ0v) is 22.7. The van der Waals surface area contributed by atoms with Crippen LogP contribution in [-0.2, 0) is 28.5 Å². The summed E-state index contributed by atoms with van der Waals surface area (Å²) in [5.41, 5.74) is 1.61. The highest BCUT2D eigenvalue weighted by atomic mass is 19.4. The van der Waals surface area contributed by atoms with Crippen molar-refractivity contribution in [2.45, 2.75) is 38.4 Å². The van der Waals surface area contributed by atoms with Crippen LogP contribution in [0, 0.1) is 5.92 Å². The van der Waals surface area contributed by atoms with Crippen molar-refractivity contribution in [2.24, 2.45) is 5.92 Å². The number of Topliss-reactive ketones (excluding diaryl/α,β-unsaturated/α-hetero) is 1. The number of amides is 1. The van der Waals surface area contributed by atoms with Crippen LogP contribution >= 0.6 is 0 Å². The molecule has 1 aliphatic rings. The topological polar surface area (TPSA) is 93.7 Å². The van der Waals surface area contributed by atoms with Crippen molar-refractivity contribution in [3.63, 3.8) is 0 Å². The number of aromatic nitrogens is 2. The molecule has 0 fully saturated rings. The number of halogens is 3. The van der Waals surface area contributed by atoms with Crippen molar-refractivity contribution < 1.29 is 32.2 Å². The number of ether oxygens (including phenoxy) is 2. The lowest BCUT2D eigenvalue weighted by molar-refractivity contribution is -0.139. The third kappa shape index (κ3) is 6.09. The molecule has 0 spiro atoms. The zero-order chi connectivity index (χ0) is 29.0. The van der Waals surface area contributed by atoms with Gasteiger partial charge in [-0.3, -0.25) is 9.59 Å². The molecule has 0 saturated carbocycles. The first-order chi connectivity index (χ1) is 19.1. The zero-order valence-electron chi connectivity index (χ0n) is 22.7. The van der Waals surface area contributed by atoms with E-state index in [-0.39, 0.29) is 42.3 Å². The van der Waals surface area contributed by atoms with E-state index in [2.05, 4.69) is 15.3 Å². The number of hydrogen-bond donors (Lipinski definition) is 1. The SMILES string of the molecule is CCC(=O)c1ccc(Nc2ncc(C(F)(F)F)c(C[C@@H]3Cc4ccccc4[C@H]3N(C)C(=O)COC)n2)c(OC)c1. The quantitative estimate of drug-likeness (QED) is 0.334. The maximum absolute atomic E-state index is 14.1. The molecule has 0 bridgehead atoms. The Balaban J connectivity index is 1.69. The first-order valence-corrected chi connectivity index (χ1v) is 12.8. The van der Waals surface area contributed by atoms with Crippen LogP contribution in [0.15, 0.2) is 48.7 Å². The second kappa shape index (κ2) is 12.0. The monoisotopic (exact) mass is 556 g/mol. The number of benzene rings is 2. The van der Waals surface area contributed by atoms with Crippen LogP contribution in [0.25, 0.3) is 0 Å². The molecule has 0 saturated heterocycles. The smallest absolute Gasteiger partial charge is 0.419 e. The van der Waals surface area contributed by atoms with Crippen LogP contribution in [0.1, 0.15) is 52.1 Å². The summed E-state index contributed by atoms with van der Waals surface area (Å²) in [5.74, 6) is -0.423. The lowest BCUT2D eigenvalue weighted by Crippen LogP contribution is -2.36. The molecule has 0 unspecified atom stereocenters. The Morgan fingerprint density at radius 3 is 2.58 bits per heavy atom. The minimum Gasteiger partial charge on any atom is -0.495 e. The molecule has 1 amide bonds. The van der Waals surface area contributed by atoms with Crippen LogP contribution in [0.4, 0.5) is 24.8 Å². The second-order valence-corrected chi connectivity index (χ2v) is 9.62. The molecule has 1 N–H and O–H groups in total. The van der Waals surface area contributed by atoms with Gasteiger partial charge in [-0.1, -0.05) is 31.2 Å². The average Bonchev–Trinajstić information content (AvgIpc) is 3.29. The number of fused-ring (bicyclic) bond motifs is 1. The van der Waals surface area contributed by atoms with E-state index in [0.29, 0.717) is 29.8 Å². The molecule has 2 aromatic carbocycles. The van der Waals surface area contributed by atoms with Gasteiger partial charge in [0.1, 0.15) is 12.4 Å². The standard InChI is InChI=1S/C29H31F3N4O4/c1-5-24(37)18-10-11-22(25(14-18)40-4)34-28-33-15-21(29(30,31)32)23(35-28)13-19-12-17-8-6-7-9-20(17)27(19)36(2)26(38)16-39-3/h6-11,14-15,19,27H,5,12-13,16H2,1-4H3,(H,33,34,35)/t19-,27-/m0/s1. The van der Waals surface area contributed by atoms with E-state index in [1.54, 1.807) is 32.2 Å². The number of anilines is 2. The number of nitrogens with one attached hydrogen (secondary N) is 1. The summed E-state index contributed by atoms with van der Waals surface area (Å²) >= 11 is 0. The predicted molar refractivity (Wildman–Crippen MR) is 143 cm³/mol. The van der Waals surface area contributed by atoms with Gasteiger partial charge in [0.05, 0.1) is 30.1 Å². The summed E-state index contributed by atoms with van der Waals surface area (Å²) < 4.78 is 52.6. The van der Waals surface area contributed by atoms with Crippen molar-refractivity contribution in [2.75, 3.05) is 33.2 Å². The molecule has 0 aliphatic heterocycles. The van der Waals surface area contributed by atoms with Gasteiger partial charge in [0.15, 0.2) is 5.78 Å². The van der Waals surface area contributed by atoms with E-state index in [4.69, 9.17) is 9.47 Å². The van der Waals surface area contributed by atoms with Gasteiger partial charge in [0.2, 0.25) is 11.9 Å². The average molecular weight is 557 g/mol. The molecule has 2 atom stereocenters. The molecule has 212 valence electrons. The Morgan fingerprint density at radius 1 is 1.15 bits per heavy atom. The van der Waals surface area contributed by atoms with Crippen molar-refractivity contribution in [1.29, 1.82) is 0 Å². The van der Waals surface area contributed by atoms with Crippen molar-refractivity contribution >= 4 is 23.3 Å². The van der Waals surface area contributed by atoms with E-state index >= 15 is 0 Å². The van der Waals surface area contributed by atoms with Crippen molar-refractivity contribution in [3.8, 4) is 5.75 Å². The van der Waals surface area contributed by atoms with Gasteiger partial charge in [0.25, 0.3) is 0 Å². The van der Waals surface area contributed by atoms with Crippen LogP contribution < -0.4 is 10.1 Å². The van der Waals surface area contributed by atoms with Crippen molar-refractivity contribution in [3.05, 3.63) is 76.6 Å². The van der Waals surface area contributed by atoms with Crippen LogP contribution in [0.2, 0.25) is 0 Å². The third-order valence-corrected chi connectivity index (χ3v) is 7.10. The summed E-state index contributed by atoms with van der Waals surface area (Å²) in [4.78, 5) is 34.6. The van der Waals surface area contributed by atoms with E-state index in [0.717, 1.165) is 17.3 Å². The maximum atomic E-state index is 14.1. The van der Waals surface area contributed by atoms with Crippen molar-refractivity contribution in [1.82, 2.24) is 14.9 Å². The summed E-state index contributed by atoms with van der Waals surface area (Å²) in [5, 5.41) is 2.93. The summed E-state index contributed by atoms with van der Waals surface area (Å²) in [7, 11) is 4.48. The third-order valence-electron chi connectivity index (χ3n) is 7.10. The van der Waals surface area contributed by atoms with Crippen LogP contribution in [-0.4, -0.2) is 54.4 Å². The number of rotatable bonds is 10. The fourth-order valence-electron chi connectivity index (χ4n) is 5.16. The largest absolute Gasteiger partial charge is 0.495 e. The van der Waals surface area contributed by atoms with E-state index in [1.807, 2.05) is 24.3 Å². The number of nitrogens with zero attached hydrogens (tertiary/aromatic N) is 3. The fraction of sp³-hybridized carbons (Fsp3) is 0.379. The molecule has 40 heavy (non-hydrogen) atoms. The Labute approximate surface area is 230 Å². The number of hydrogen-bond acceptors (Lipinski definition) is 7. The normalized spacial score (nSPS) is 16.4. The number of alkyl halides is 3. The fourth-order valence-corrected chi connectivity index (χ4v) is 5.16. The Kier molecular flexibility index (Phi) is 8.73. The number of carbonyl (C=O) groups is 2. The number of likely N-dealkylation sites (N-methyl/N-ethyl adjacent to an activating group) is 1. The maximum Gasteiger partial charge on any atom is 0.419 e. The van der Waals surface area contributed by atoms with E-state index < -0.39 is 17.8 Å². The highest BCUT2D eigenvalue weighted by Crippen LogP contribution is 2.43. The van der Waals surface area contributed by atoms with Crippen LogP contribution in [0.5, 0.6) is 5.75 Å². The lowest BCUT2D eigenvalue weighted by Gasteiger charge is -2.31. The van der Waals surface area contributed by atoms with Gasteiger partial charge in [-0.2, -0.15) is 13.2 Å². The lowest BCUT2D eigenvalue weighted by atomic mass is 9.92. The molecule has 3 aromatic rings. The van der Waals surface area contributed by atoms with E-state index in [9.17, 15) is 22.8 Å². The Bertz CT molecular complexity index is 1400. The number of ketones is 1. The van der Waals surface area contributed by atoms with Crippen LogP contribution in [0.3, 0.4) is 0 Å².